The highest BCUT2D eigenvalue weighted by atomic mass is 16.2. The van der Waals surface area contributed by atoms with Crippen molar-refractivity contribution in [2.75, 3.05) is 11.1 Å². The first-order valence-corrected chi connectivity index (χ1v) is 6.87. The van der Waals surface area contributed by atoms with Gasteiger partial charge in [0.1, 0.15) is 5.82 Å². The molecule has 6 nitrogen and oxygen atoms in total. The van der Waals surface area contributed by atoms with Gasteiger partial charge in [0, 0.05) is 12.3 Å². The Morgan fingerprint density at radius 3 is 2.67 bits per heavy atom. The third kappa shape index (κ3) is 2.40. The van der Waals surface area contributed by atoms with Crippen LogP contribution in [0.2, 0.25) is 0 Å². The van der Waals surface area contributed by atoms with Gasteiger partial charge in [-0.25, -0.2) is 0 Å². The van der Waals surface area contributed by atoms with E-state index in [2.05, 4.69) is 22.2 Å². The van der Waals surface area contributed by atoms with Crippen molar-refractivity contribution in [3.05, 3.63) is 51.3 Å². The smallest absolute Gasteiger partial charge is 0.258 e. The average Bonchev–Trinajstić information content (AvgIpc) is 2.45. The minimum absolute atomic E-state index is 0.000955. The van der Waals surface area contributed by atoms with Crippen molar-refractivity contribution in [3.8, 4) is 0 Å². The Bertz CT molecular complexity index is 749. The number of nitrogens with one attached hydrogen (secondary N) is 2. The summed E-state index contributed by atoms with van der Waals surface area (Å²) in [5, 5.41) is 2.61. The molecule has 0 aliphatic carbocycles. The quantitative estimate of drug-likeness (QED) is 0.775. The number of aryl methyl sites for hydroxylation is 1. The van der Waals surface area contributed by atoms with E-state index in [9.17, 15) is 9.59 Å². The fraction of sp³-hybridized carbons (Fsp3) is 0.267. The molecule has 1 atom stereocenters. The Morgan fingerprint density at radius 2 is 2.00 bits per heavy atom. The first-order chi connectivity index (χ1) is 10.1. The van der Waals surface area contributed by atoms with Crippen LogP contribution in [-0.4, -0.2) is 15.9 Å². The van der Waals surface area contributed by atoms with Crippen LogP contribution in [-0.2, 0) is 11.2 Å². The second-order valence-corrected chi connectivity index (χ2v) is 5.11. The number of carbonyl (C=O) groups excluding carboxylic acids is 1. The van der Waals surface area contributed by atoms with Gasteiger partial charge < -0.3 is 11.1 Å². The monoisotopic (exact) mass is 284 g/mol. The van der Waals surface area contributed by atoms with E-state index in [0.29, 0.717) is 5.56 Å². The van der Waals surface area contributed by atoms with Crippen molar-refractivity contribution >= 4 is 17.7 Å². The number of rotatable bonds is 2. The van der Waals surface area contributed by atoms with Crippen LogP contribution < -0.4 is 16.6 Å². The minimum atomic E-state index is -0.304. The lowest BCUT2D eigenvalue weighted by molar-refractivity contribution is -0.116. The number of hydrogen-bond acceptors (Lipinski definition) is 4. The van der Waals surface area contributed by atoms with E-state index in [-0.39, 0.29) is 35.6 Å². The van der Waals surface area contributed by atoms with Gasteiger partial charge in [0.15, 0.2) is 0 Å². The molecule has 0 bridgehead atoms. The van der Waals surface area contributed by atoms with Crippen molar-refractivity contribution in [1.29, 1.82) is 0 Å². The molecule has 2 heterocycles. The third-order valence-corrected chi connectivity index (χ3v) is 3.76. The molecule has 108 valence electrons. The maximum Gasteiger partial charge on any atom is 0.258 e. The van der Waals surface area contributed by atoms with Gasteiger partial charge in [0.25, 0.3) is 5.56 Å². The molecule has 1 aliphatic rings. The molecule has 0 spiro atoms. The highest BCUT2D eigenvalue weighted by molar-refractivity contribution is 5.94. The summed E-state index contributed by atoms with van der Waals surface area (Å²) < 4.78 is 0. The fourth-order valence-corrected chi connectivity index (χ4v) is 2.66. The normalized spacial score (nSPS) is 17.2. The van der Waals surface area contributed by atoms with Crippen molar-refractivity contribution < 1.29 is 4.79 Å². The van der Waals surface area contributed by atoms with E-state index in [4.69, 9.17) is 5.73 Å². The van der Waals surface area contributed by atoms with Gasteiger partial charge in [-0.3, -0.25) is 14.6 Å². The molecular formula is C15H16N4O2. The molecule has 1 aliphatic heterocycles. The number of aromatic nitrogens is 2. The third-order valence-electron chi connectivity index (χ3n) is 3.76. The first-order valence-electron chi connectivity index (χ1n) is 6.87. The van der Waals surface area contributed by atoms with Crippen molar-refractivity contribution in [1.82, 2.24) is 9.97 Å². The Hall–Kier alpha value is -2.63. The summed E-state index contributed by atoms with van der Waals surface area (Å²) in [5.41, 5.74) is 7.84. The minimum Gasteiger partial charge on any atom is -0.369 e. The van der Waals surface area contributed by atoms with Crippen LogP contribution in [0.3, 0.4) is 0 Å². The number of amides is 1. The summed E-state index contributed by atoms with van der Waals surface area (Å²) in [6.07, 6.45) is 1.17. The van der Waals surface area contributed by atoms with Crippen LogP contribution >= 0.6 is 0 Å². The maximum atomic E-state index is 12.2. The number of hydrogen-bond donors (Lipinski definition) is 3. The summed E-state index contributed by atoms with van der Waals surface area (Å²) in [6.45, 7) is 2.08. The van der Waals surface area contributed by atoms with Gasteiger partial charge in [0.05, 0.1) is 5.56 Å². The van der Waals surface area contributed by atoms with Gasteiger partial charge >= 0.3 is 0 Å². The zero-order valence-corrected chi connectivity index (χ0v) is 11.6. The van der Waals surface area contributed by atoms with Crippen molar-refractivity contribution in [3.63, 3.8) is 0 Å². The topological polar surface area (TPSA) is 101 Å². The van der Waals surface area contributed by atoms with E-state index in [1.165, 1.54) is 5.56 Å². The molecule has 1 aromatic heterocycles. The summed E-state index contributed by atoms with van der Waals surface area (Å²) >= 11 is 0. The van der Waals surface area contributed by atoms with Gasteiger partial charge in [-0.1, -0.05) is 31.2 Å². The van der Waals surface area contributed by atoms with Crippen LogP contribution in [0.4, 0.5) is 11.8 Å². The summed E-state index contributed by atoms with van der Waals surface area (Å²) in [7, 11) is 0. The number of H-pyrrole nitrogens is 1. The largest absolute Gasteiger partial charge is 0.369 e. The first kappa shape index (κ1) is 13.4. The second-order valence-electron chi connectivity index (χ2n) is 5.11. The fourth-order valence-electron chi connectivity index (χ4n) is 2.66. The molecule has 21 heavy (non-hydrogen) atoms. The Kier molecular flexibility index (Phi) is 3.21. The molecule has 0 saturated carbocycles. The number of anilines is 2. The molecule has 0 fully saturated rings. The highest BCUT2D eigenvalue weighted by Crippen LogP contribution is 2.33. The number of aromatic amines is 1. The molecule has 1 amide bonds. The lowest BCUT2D eigenvalue weighted by atomic mass is 9.86. The molecule has 1 aromatic carbocycles. The molecule has 6 heteroatoms. The zero-order chi connectivity index (χ0) is 15.0. The molecule has 0 radical (unpaired) electrons. The summed E-state index contributed by atoms with van der Waals surface area (Å²) in [5.74, 6) is -0.195. The van der Waals surface area contributed by atoms with E-state index in [1.807, 2.05) is 24.3 Å². The molecule has 3 rings (SSSR count). The van der Waals surface area contributed by atoms with Gasteiger partial charge in [-0.2, -0.15) is 4.98 Å². The van der Waals surface area contributed by atoms with Crippen molar-refractivity contribution in [2.24, 2.45) is 0 Å². The number of nitrogen functional groups attached to an aromatic ring is 1. The number of carbonyl (C=O) groups is 1. The van der Waals surface area contributed by atoms with E-state index in [0.717, 1.165) is 12.0 Å². The lowest BCUT2D eigenvalue weighted by Crippen LogP contribution is -2.31. The molecule has 0 saturated heterocycles. The van der Waals surface area contributed by atoms with E-state index >= 15 is 0 Å². The Morgan fingerprint density at radius 1 is 1.29 bits per heavy atom. The summed E-state index contributed by atoms with van der Waals surface area (Å²) in [4.78, 5) is 30.5. The van der Waals surface area contributed by atoms with Crippen LogP contribution in [0.1, 0.15) is 36.0 Å². The maximum absolute atomic E-state index is 12.2. The summed E-state index contributed by atoms with van der Waals surface area (Å²) in [6, 6.07) is 7.95. The number of nitrogens with zero attached hydrogens (tertiary/aromatic N) is 1. The predicted molar refractivity (Wildman–Crippen MR) is 80.2 cm³/mol. The van der Waals surface area contributed by atoms with Gasteiger partial charge in [-0.05, 0) is 17.5 Å². The molecule has 4 N–H and O–H groups in total. The van der Waals surface area contributed by atoms with Gasteiger partial charge in [-0.15, -0.1) is 0 Å². The van der Waals surface area contributed by atoms with E-state index in [1.54, 1.807) is 0 Å². The van der Waals surface area contributed by atoms with Crippen LogP contribution in [0.15, 0.2) is 29.1 Å². The van der Waals surface area contributed by atoms with Gasteiger partial charge in [0.2, 0.25) is 11.9 Å². The average molecular weight is 284 g/mol. The standard InChI is InChI=1S/C15H16N4O2/c1-2-8-3-5-9(6-4-8)10-7-11(20)17-13-12(10)14(21)19-15(16)18-13/h3-6,10H,2,7H2,1H3,(H4,16,17,18,19,20,21)/t10-/m1/s1. The van der Waals surface area contributed by atoms with E-state index < -0.39 is 0 Å². The van der Waals surface area contributed by atoms with Crippen LogP contribution in [0, 0.1) is 0 Å². The Balaban J connectivity index is 2.12. The molecule has 2 aromatic rings. The molecule has 0 unspecified atom stereocenters. The number of fused-ring (bicyclic) bond motifs is 1. The lowest BCUT2D eigenvalue weighted by Gasteiger charge is -2.24. The zero-order valence-electron chi connectivity index (χ0n) is 11.6. The SMILES string of the molecule is CCc1ccc([C@H]2CC(=O)Nc3nc(N)[nH]c(=O)c32)cc1. The number of benzene rings is 1. The predicted octanol–water partition coefficient (Wildman–Crippen LogP) is 1.39. The van der Waals surface area contributed by atoms with Crippen molar-refractivity contribution in [2.45, 2.75) is 25.7 Å². The molecular weight excluding hydrogens is 268 g/mol. The number of nitrogens with two attached hydrogens (primary N) is 1. The van der Waals surface area contributed by atoms with Crippen LogP contribution in [0.25, 0.3) is 0 Å². The van der Waals surface area contributed by atoms with Crippen LogP contribution in [0.5, 0.6) is 0 Å². The highest BCUT2D eigenvalue weighted by Gasteiger charge is 2.30. The Labute approximate surface area is 121 Å². The second kappa shape index (κ2) is 5.05.